The highest BCUT2D eigenvalue weighted by molar-refractivity contribution is 6.31. The number of anilines is 2. The number of hydrogen-bond donors (Lipinski definition) is 2. The van der Waals surface area contributed by atoms with Gasteiger partial charge in [0, 0.05) is 30.1 Å². The number of aromatic nitrogens is 2. The molecule has 150 valence electrons. The zero-order chi connectivity index (χ0) is 20.4. The minimum atomic E-state index is -0.572. The van der Waals surface area contributed by atoms with Crippen molar-refractivity contribution in [3.05, 3.63) is 53.1 Å². The lowest BCUT2D eigenvalue weighted by molar-refractivity contribution is -0.151. The Morgan fingerprint density at radius 3 is 2.90 bits per heavy atom. The van der Waals surface area contributed by atoms with E-state index in [0.29, 0.717) is 41.1 Å². The first-order valence-corrected chi connectivity index (χ1v) is 9.34. The number of fused-ring (bicyclic) bond motifs is 1. The van der Waals surface area contributed by atoms with E-state index >= 15 is 0 Å². The van der Waals surface area contributed by atoms with E-state index in [9.17, 15) is 9.18 Å². The van der Waals surface area contributed by atoms with Gasteiger partial charge in [0.25, 0.3) is 0 Å². The molecule has 7 nitrogen and oxygen atoms in total. The van der Waals surface area contributed by atoms with Crippen LogP contribution < -0.4 is 15.4 Å². The van der Waals surface area contributed by atoms with Crippen LogP contribution in [-0.2, 0) is 16.1 Å². The lowest BCUT2D eigenvalue weighted by Gasteiger charge is -2.25. The minimum absolute atomic E-state index is 0.00752. The second kappa shape index (κ2) is 8.18. The molecule has 2 aromatic carbocycles. The SMILES string of the molecule is COc1cc2ncnc(Nc3cccc(Cl)c3F)c2cc1COC(=O)C1CNC1. The molecule has 4 rings (SSSR count). The molecule has 0 amide bonds. The van der Waals surface area contributed by atoms with E-state index in [4.69, 9.17) is 21.1 Å². The smallest absolute Gasteiger partial charge is 0.311 e. The fourth-order valence-electron chi connectivity index (χ4n) is 2.98. The van der Waals surface area contributed by atoms with Crippen molar-refractivity contribution >= 4 is 40.0 Å². The molecule has 3 aromatic rings. The van der Waals surface area contributed by atoms with Gasteiger partial charge in [-0.2, -0.15) is 0 Å². The predicted molar refractivity (Wildman–Crippen MR) is 107 cm³/mol. The fraction of sp³-hybridized carbons (Fsp3) is 0.250. The van der Waals surface area contributed by atoms with Gasteiger partial charge >= 0.3 is 5.97 Å². The third-order valence-electron chi connectivity index (χ3n) is 4.73. The summed E-state index contributed by atoms with van der Waals surface area (Å²) >= 11 is 5.86. The molecule has 1 saturated heterocycles. The highest BCUT2D eigenvalue weighted by Crippen LogP contribution is 2.32. The molecule has 0 unspecified atom stereocenters. The van der Waals surface area contributed by atoms with Crippen molar-refractivity contribution in [2.24, 2.45) is 5.92 Å². The number of carbonyl (C=O) groups is 1. The van der Waals surface area contributed by atoms with Crippen molar-refractivity contribution in [1.82, 2.24) is 15.3 Å². The van der Waals surface area contributed by atoms with Gasteiger partial charge in [0.15, 0.2) is 5.82 Å². The van der Waals surface area contributed by atoms with Crippen LogP contribution >= 0.6 is 11.6 Å². The second-order valence-corrected chi connectivity index (χ2v) is 7.00. The van der Waals surface area contributed by atoms with E-state index in [-0.39, 0.29) is 29.2 Å². The molecule has 29 heavy (non-hydrogen) atoms. The van der Waals surface area contributed by atoms with Crippen LogP contribution in [0.1, 0.15) is 5.56 Å². The van der Waals surface area contributed by atoms with Crippen LogP contribution in [-0.4, -0.2) is 36.1 Å². The summed E-state index contributed by atoms with van der Waals surface area (Å²) in [4.78, 5) is 20.5. The van der Waals surface area contributed by atoms with Crippen LogP contribution in [0.5, 0.6) is 5.75 Å². The summed E-state index contributed by atoms with van der Waals surface area (Å²) in [6, 6.07) is 8.17. The summed E-state index contributed by atoms with van der Waals surface area (Å²) in [6.07, 6.45) is 1.37. The average Bonchev–Trinajstić information content (AvgIpc) is 2.68. The lowest BCUT2D eigenvalue weighted by atomic mass is 10.0. The van der Waals surface area contributed by atoms with Crippen molar-refractivity contribution in [2.75, 3.05) is 25.5 Å². The maximum Gasteiger partial charge on any atom is 0.311 e. The molecule has 1 aliphatic heterocycles. The van der Waals surface area contributed by atoms with E-state index in [1.54, 1.807) is 24.3 Å². The summed E-state index contributed by atoms with van der Waals surface area (Å²) in [5.74, 6) is -0.00899. The number of hydrogen-bond acceptors (Lipinski definition) is 7. The van der Waals surface area contributed by atoms with Crippen molar-refractivity contribution in [2.45, 2.75) is 6.61 Å². The van der Waals surface area contributed by atoms with Crippen LogP contribution in [0.25, 0.3) is 10.9 Å². The molecule has 1 aliphatic rings. The van der Waals surface area contributed by atoms with Gasteiger partial charge in [-0.25, -0.2) is 14.4 Å². The van der Waals surface area contributed by atoms with Gasteiger partial charge in [-0.15, -0.1) is 0 Å². The molecule has 9 heteroatoms. The van der Waals surface area contributed by atoms with Crippen molar-refractivity contribution in [1.29, 1.82) is 0 Å². The Balaban J connectivity index is 1.66. The Morgan fingerprint density at radius 2 is 2.17 bits per heavy atom. The molecule has 0 saturated carbocycles. The molecule has 0 aliphatic carbocycles. The number of rotatable bonds is 6. The number of carbonyl (C=O) groups excluding carboxylic acids is 1. The summed E-state index contributed by atoms with van der Waals surface area (Å²) in [5, 5.41) is 6.63. The summed E-state index contributed by atoms with van der Waals surface area (Å²) in [5.41, 5.74) is 1.45. The maximum absolute atomic E-state index is 14.3. The van der Waals surface area contributed by atoms with Gasteiger partial charge in [0.05, 0.1) is 29.3 Å². The highest BCUT2D eigenvalue weighted by atomic mass is 35.5. The van der Waals surface area contributed by atoms with Crippen molar-refractivity contribution in [3.63, 3.8) is 0 Å². The van der Waals surface area contributed by atoms with Gasteiger partial charge in [0.2, 0.25) is 0 Å². The van der Waals surface area contributed by atoms with E-state index < -0.39 is 5.82 Å². The van der Waals surface area contributed by atoms with Crippen LogP contribution in [0.2, 0.25) is 5.02 Å². The standard InChI is InChI=1S/C20H18ClFN4O3/c1-28-17-6-16-13(5-11(17)9-29-20(27)12-7-23-8-12)19(25-10-24-16)26-15-4-2-3-14(21)18(15)22/h2-6,10,12,23H,7-9H2,1H3,(H,24,25,26). The summed E-state index contributed by atoms with van der Waals surface area (Å²) in [6.45, 7) is 1.30. The molecular formula is C20H18ClFN4O3. The molecule has 0 bridgehead atoms. The van der Waals surface area contributed by atoms with Crippen molar-refractivity contribution < 1.29 is 18.7 Å². The van der Waals surface area contributed by atoms with Gasteiger partial charge < -0.3 is 20.1 Å². The van der Waals surface area contributed by atoms with E-state index in [1.807, 2.05) is 0 Å². The Labute approximate surface area is 171 Å². The summed E-state index contributed by atoms with van der Waals surface area (Å²) in [7, 11) is 1.53. The largest absolute Gasteiger partial charge is 0.496 e. The third kappa shape index (κ3) is 3.94. The number of halogens is 2. The summed E-state index contributed by atoms with van der Waals surface area (Å²) < 4.78 is 25.1. The van der Waals surface area contributed by atoms with Crippen LogP contribution in [0.3, 0.4) is 0 Å². The number of esters is 1. The number of ether oxygens (including phenoxy) is 2. The molecule has 1 fully saturated rings. The third-order valence-corrected chi connectivity index (χ3v) is 5.02. The molecule has 0 atom stereocenters. The van der Waals surface area contributed by atoms with Gasteiger partial charge in [-0.05, 0) is 18.2 Å². The first kappa shape index (κ1) is 19.4. The topological polar surface area (TPSA) is 85.4 Å². The van der Waals surface area contributed by atoms with Gasteiger partial charge in [-0.3, -0.25) is 4.79 Å². The monoisotopic (exact) mass is 416 g/mol. The molecular weight excluding hydrogens is 399 g/mol. The van der Waals surface area contributed by atoms with Crippen LogP contribution in [0.15, 0.2) is 36.7 Å². The Hall–Kier alpha value is -2.97. The van der Waals surface area contributed by atoms with Crippen LogP contribution in [0.4, 0.5) is 15.9 Å². The predicted octanol–water partition coefficient (Wildman–Crippen LogP) is 3.44. The lowest BCUT2D eigenvalue weighted by Crippen LogP contribution is -2.47. The zero-order valence-electron chi connectivity index (χ0n) is 15.5. The second-order valence-electron chi connectivity index (χ2n) is 6.59. The van der Waals surface area contributed by atoms with E-state index in [0.717, 1.165) is 0 Å². The molecule has 2 heterocycles. The molecule has 2 N–H and O–H groups in total. The fourth-order valence-corrected chi connectivity index (χ4v) is 3.16. The Kier molecular flexibility index (Phi) is 5.46. The van der Waals surface area contributed by atoms with E-state index in [1.165, 1.54) is 19.5 Å². The number of nitrogens with zero attached hydrogens (tertiary/aromatic N) is 2. The Bertz CT molecular complexity index is 1080. The number of benzene rings is 2. The zero-order valence-corrected chi connectivity index (χ0v) is 16.3. The van der Waals surface area contributed by atoms with Crippen LogP contribution in [0, 0.1) is 11.7 Å². The molecule has 0 spiro atoms. The van der Waals surface area contributed by atoms with Gasteiger partial charge in [-0.1, -0.05) is 17.7 Å². The minimum Gasteiger partial charge on any atom is -0.496 e. The number of nitrogens with one attached hydrogen (secondary N) is 2. The average molecular weight is 417 g/mol. The normalized spacial score (nSPS) is 13.8. The molecule has 1 aromatic heterocycles. The van der Waals surface area contributed by atoms with Gasteiger partial charge in [0.1, 0.15) is 24.5 Å². The highest BCUT2D eigenvalue weighted by Gasteiger charge is 2.26. The quantitative estimate of drug-likeness (QED) is 0.595. The first-order valence-electron chi connectivity index (χ1n) is 8.97. The van der Waals surface area contributed by atoms with E-state index in [2.05, 4.69) is 20.6 Å². The van der Waals surface area contributed by atoms with Crippen molar-refractivity contribution in [3.8, 4) is 5.75 Å². The molecule has 0 radical (unpaired) electrons. The first-order chi connectivity index (χ1) is 14.1. The number of methoxy groups -OCH3 is 1. The Morgan fingerprint density at radius 1 is 1.34 bits per heavy atom. The maximum atomic E-state index is 14.3.